The number of nitriles is 1. The van der Waals surface area contributed by atoms with E-state index in [1.807, 2.05) is 6.07 Å². The Labute approximate surface area is 131 Å². The number of nitro groups is 1. The first-order valence-corrected chi connectivity index (χ1v) is 7.06. The number of nitrogens with zero attached hydrogens (tertiary/aromatic N) is 4. The molecule has 3 rings (SSSR count). The highest BCUT2D eigenvalue weighted by Gasteiger charge is 2.29. The standard InChI is InChI=1S/C16H12N4O3/c17-9-11-6-7-13(18-10-11)16(21)19-8-2-3-12-14(19)4-1-5-15(12)20(22)23/h1,4-7,10H,2-3,8H2. The lowest BCUT2D eigenvalue weighted by Gasteiger charge is -2.28. The maximum atomic E-state index is 12.7. The minimum atomic E-state index is -0.424. The van der Waals surface area contributed by atoms with Crippen molar-refractivity contribution in [2.45, 2.75) is 12.8 Å². The van der Waals surface area contributed by atoms with Gasteiger partial charge in [0.15, 0.2) is 0 Å². The van der Waals surface area contributed by atoms with Gasteiger partial charge in [-0.2, -0.15) is 5.26 Å². The van der Waals surface area contributed by atoms with Crippen molar-refractivity contribution in [1.82, 2.24) is 4.98 Å². The molecule has 7 nitrogen and oxygen atoms in total. The molecule has 23 heavy (non-hydrogen) atoms. The number of hydrogen-bond acceptors (Lipinski definition) is 5. The molecule has 1 aromatic carbocycles. The second-order valence-electron chi connectivity index (χ2n) is 5.14. The van der Waals surface area contributed by atoms with Gasteiger partial charge in [0.1, 0.15) is 11.8 Å². The van der Waals surface area contributed by atoms with E-state index in [1.54, 1.807) is 12.1 Å². The van der Waals surface area contributed by atoms with Crippen molar-refractivity contribution in [3.05, 3.63) is 63.5 Å². The molecule has 0 bridgehead atoms. The molecule has 114 valence electrons. The molecule has 0 fully saturated rings. The van der Waals surface area contributed by atoms with Crippen molar-refractivity contribution >= 4 is 17.3 Å². The van der Waals surface area contributed by atoms with Gasteiger partial charge in [0.25, 0.3) is 11.6 Å². The molecule has 2 heterocycles. The number of nitro benzene ring substituents is 1. The second kappa shape index (κ2) is 5.85. The summed E-state index contributed by atoms with van der Waals surface area (Å²) in [6, 6.07) is 9.71. The highest BCUT2D eigenvalue weighted by molar-refractivity contribution is 6.05. The van der Waals surface area contributed by atoms with Crippen molar-refractivity contribution in [1.29, 1.82) is 5.26 Å². The number of rotatable bonds is 2. The van der Waals surface area contributed by atoms with E-state index in [1.165, 1.54) is 29.3 Å². The molecule has 0 saturated heterocycles. The number of hydrogen-bond donors (Lipinski definition) is 0. The highest BCUT2D eigenvalue weighted by Crippen LogP contribution is 2.34. The van der Waals surface area contributed by atoms with Crippen LogP contribution in [-0.2, 0) is 6.42 Å². The van der Waals surface area contributed by atoms with Gasteiger partial charge in [0.2, 0.25) is 0 Å². The number of aromatic nitrogens is 1. The molecule has 0 spiro atoms. The normalized spacial score (nSPS) is 13.1. The van der Waals surface area contributed by atoms with Gasteiger partial charge >= 0.3 is 0 Å². The molecule has 7 heteroatoms. The Kier molecular flexibility index (Phi) is 3.73. The Bertz CT molecular complexity index is 824. The highest BCUT2D eigenvalue weighted by atomic mass is 16.6. The first kappa shape index (κ1) is 14.7. The zero-order chi connectivity index (χ0) is 16.4. The third-order valence-corrected chi connectivity index (χ3v) is 3.78. The zero-order valence-electron chi connectivity index (χ0n) is 12.1. The Morgan fingerprint density at radius 2 is 2.17 bits per heavy atom. The summed E-state index contributed by atoms with van der Waals surface area (Å²) in [4.78, 5) is 28.9. The summed E-state index contributed by atoms with van der Waals surface area (Å²) in [7, 11) is 0. The van der Waals surface area contributed by atoms with Crippen molar-refractivity contribution in [3.63, 3.8) is 0 Å². The summed E-state index contributed by atoms with van der Waals surface area (Å²) in [5.74, 6) is -0.323. The molecule has 0 unspecified atom stereocenters. The Morgan fingerprint density at radius 3 is 2.83 bits per heavy atom. The third kappa shape index (κ3) is 2.62. The number of pyridine rings is 1. The van der Waals surface area contributed by atoms with Crippen LogP contribution < -0.4 is 4.90 Å². The molecule has 0 aliphatic carbocycles. The van der Waals surface area contributed by atoms with Gasteiger partial charge in [0.05, 0.1) is 21.7 Å². The smallest absolute Gasteiger partial charge is 0.276 e. The van der Waals surface area contributed by atoms with Crippen molar-refractivity contribution in [2.75, 3.05) is 11.4 Å². The fraction of sp³-hybridized carbons (Fsp3) is 0.188. The summed E-state index contributed by atoms with van der Waals surface area (Å²) < 4.78 is 0. The number of carbonyl (C=O) groups excluding carboxylic acids is 1. The number of anilines is 1. The van der Waals surface area contributed by atoms with E-state index in [9.17, 15) is 14.9 Å². The molecular weight excluding hydrogens is 296 g/mol. The quantitative estimate of drug-likeness (QED) is 0.626. The van der Waals surface area contributed by atoms with E-state index in [-0.39, 0.29) is 17.3 Å². The lowest BCUT2D eigenvalue weighted by Crippen LogP contribution is -2.36. The maximum absolute atomic E-state index is 12.7. The van der Waals surface area contributed by atoms with E-state index < -0.39 is 4.92 Å². The molecule has 0 saturated carbocycles. The Morgan fingerprint density at radius 1 is 1.35 bits per heavy atom. The van der Waals surface area contributed by atoms with Crippen LogP contribution in [0.1, 0.15) is 28.0 Å². The number of fused-ring (bicyclic) bond motifs is 1. The fourth-order valence-electron chi connectivity index (χ4n) is 2.71. The zero-order valence-corrected chi connectivity index (χ0v) is 12.1. The third-order valence-electron chi connectivity index (χ3n) is 3.78. The molecule has 0 N–H and O–H groups in total. The molecule has 0 radical (unpaired) electrons. The van der Waals surface area contributed by atoms with Gasteiger partial charge in [-0.3, -0.25) is 14.9 Å². The first-order valence-electron chi connectivity index (χ1n) is 7.06. The van der Waals surface area contributed by atoms with Crippen LogP contribution >= 0.6 is 0 Å². The van der Waals surface area contributed by atoms with Crippen LogP contribution in [0, 0.1) is 21.4 Å². The van der Waals surface area contributed by atoms with Gasteiger partial charge < -0.3 is 4.90 Å². The average molecular weight is 308 g/mol. The van der Waals surface area contributed by atoms with Crippen LogP contribution in [0.2, 0.25) is 0 Å². The largest absolute Gasteiger partial charge is 0.306 e. The molecule has 1 aromatic heterocycles. The molecule has 0 atom stereocenters. The summed E-state index contributed by atoms with van der Waals surface area (Å²) in [5.41, 5.74) is 1.75. The summed E-state index contributed by atoms with van der Waals surface area (Å²) >= 11 is 0. The van der Waals surface area contributed by atoms with E-state index in [2.05, 4.69) is 4.98 Å². The van der Waals surface area contributed by atoms with Gasteiger partial charge in [-0.25, -0.2) is 4.98 Å². The molecule has 1 aliphatic rings. The first-order chi connectivity index (χ1) is 11.1. The van der Waals surface area contributed by atoms with Gasteiger partial charge in [-0.1, -0.05) is 6.07 Å². The Balaban J connectivity index is 1.99. The lowest BCUT2D eigenvalue weighted by molar-refractivity contribution is -0.385. The number of benzene rings is 1. The van der Waals surface area contributed by atoms with E-state index in [0.717, 1.165) is 0 Å². The minimum absolute atomic E-state index is 0.0350. The number of amides is 1. The van der Waals surface area contributed by atoms with Crippen molar-refractivity contribution < 1.29 is 9.72 Å². The second-order valence-corrected chi connectivity index (χ2v) is 5.14. The van der Waals surface area contributed by atoms with Gasteiger partial charge in [-0.05, 0) is 31.0 Å². The number of carbonyl (C=O) groups is 1. The van der Waals surface area contributed by atoms with Gasteiger partial charge in [0, 0.05) is 18.8 Å². The van der Waals surface area contributed by atoms with Crippen molar-refractivity contribution in [2.24, 2.45) is 0 Å². The minimum Gasteiger partial charge on any atom is -0.306 e. The topological polar surface area (TPSA) is 100 Å². The molecule has 1 amide bonds. The monoisotopic (exact) mass is 308 g/mol. The summed E-state index contributed by atoms with van der Waals surface area (Å²) in [5, 5.41) is 19.9. The predicted molar refractivity (Wildman–Crippen MR) is 82.0 cm³/mol. The Hall–Kier alpha value is -3.27. The van der Waals surface area contributed by atoms with Crippen LogP contribution in [0.25, 0.3) is 0 Å². The predicted octanol–water partition coefficient (Wildman–Crippen LogP) is 2.45. The van der Waals surface area contributed by atoms with E-state index in [4.69, 9.17) is 5.26 Å². The molecular formula is C16H12N4O3. The molecule has 2 aromatic rings. The summed E-state index contributed by atoms with van der Waals surface area (Å²) in [6.45, 7) is 0.481. The SMILES string of the molecule is N#Cc1ccc(C(=O)N2CCCc3c2cccc3[N+](=O)[O-])nc1. The maximum Gasteiger partial charge on any atom is 0.276 e. The van der Waals surface area contributed by atoms with Crippen LogP contribution in [0.15, 0.2) is 36.5 Å². The van der Waals surface area contributed by atoms with Gasteiger partial charge in [-0.15, -0.1) is 0 Å². The van der Waals surface area contributed by atoms with Crippen LogP contribution in [0.4, 0.5) is 11.4 Å². The summed E-state index contributed by atoms with van der Waals surface area (Å²) in [6.07, 6.45) is 2.56. The lowest BCUT2D eigenvalue weighted by atomic mass is 9.99. The van der Waals surface area contributed by atoms with E-state index >= 15 is 0 Å². The average Bonchev–Trinajstić information content (AvgIpc) is 2.60. The van der Waals surface area contributed by atoms with Crippen LogP contribution in [0.5, 0.6) is 0 Å². The van der Waals surface area contributed by atoms with Crippen LogP contribution in [0.3, 0.4) is 0 Å². The van der Waals surface area contributed by atoms with Crippen molar-refractivity contribution in [3.8, 4) is 6.07 Å². The van der Waals surface area contributed by atoms with Crippen LogP contribution in [-0.4, -0.2) is 22.4 Å². The fourth-order valence-corrected chi connectivity index (χ4v) is 2.71. The van der Waals surface area contributed by atoms with E-state index in [0.29, 0.717) is 36.2 Å². The molecule has 1 aliphatic heterocycles.